The fraction of sp³-hybridized carbons (Fsp3) is 0.167. The number of carbonyl (C=O) groups excluding carboxylic acids is 1. The molecule has 0 aliphatic rings. The van der Waals surface area contributed by atoms with E-state index in [-0.39, 0.29) is 0 Å². The van der Waals surface area contributed by atoms with Crippen LogP contribution in [-0.2, 0) is 4.79 Å². The van der Waals surface area contributed by atoms with Crippen molar-refractivity contribution in [3.8, 4) is 0 Å². The first kappa shape index (κ1) is 11.2. The van der Waals surface area contributed by atoms with Crippen LogP contribution in [0.4, 0.5) is 4.79 Å². The number of para-hydroxylation sites is 1. The lowest BCUT2D eigenvalue weighted by atomic mass is 10.2. The zero-order chi connectivity index (χ0) is 12.4. The van der Waals surface area contributed by atoms with Crippen LogP contribution in [-0.4, -0.2) is 22.2 Å². The smallest absolute Gasteiger partial charge is 0.416 e. The second-order valence-electron chi connectivity index (χ2n) is 3.71. The average molecular weight is 231 g/mol. The molecule has 2 N–H and O–H groups in total. The van der Waals surface area contributed by atoms with Crippen LogP contribution in [0.5, 0.6) is 0 Å². The molecule has 1 heterocycles. The highest BCUT2D eigenvalue weighted by Gasteiger charge is 2.18. The number of carbonyl (C=O) groups is 1. The molecule has 0 aliphatic carbocycles. The quantitative estimate of drug-likeness (QED) is 0.792. The molecule has 1 unspecified atom stereocenters. The van der Waals surface area contributed by atoms with Gasteiger partial charge in [0.15, 0.2) is 0 Å². The van der Waals surface area contributed by atoms with Crippen molar-refractivity contribution in [3.63, 3.8) is 0 Å². The van der Waals surface area contributed by atoms with Crippen molar-refractivity contribution >= 4 is 23.4 Å². The maximum atomic E-state index is 11.2. The largest absolute Gasteiger partial charge is 0.464 e. The molecule has 2 aromatic rings. The lowest BCUT2D eigenvalue weighted by Crippen LogP contribution is -2.22. The number of amides is 1. The molecule has 0 spiro atoms. The van der Waals surface area contributed by atoms with Crippen LogP contribution in [0.3, 0.4) is 0 Å². The molecule has 2 rings (SSSR count). The maximum absolute atomic E-state index is 11.2. The van der Waals surface area contributed by atoms with E-state index < -0.39 is 12.1 Å². The zero-order valence-electron chi connectivity index (χ0n) is 9.18. The Morgan fingerprint density at radius 3 is 2.82 bits per heavy atom. The molecule has 0 bridgehead atoms. The van der Waals surface area contributed by atoms with Crippen LogP contribution in [0.1, 0.15) is 18.7 Å². The van der Waals surface area contributed by atoms with E-state index in [2.05, 4.69) is 5.32 Å². The summed E-state index contributed by atoms with van der Waals surface area (Å²) in [4.78, 5) is 21.5. The molecule has 1 aromatic heterocycles. The number of nitrogens with zero attached hydrogens (tertiary/aromatic N) is 1. The summed E-state index contributed by atoms with van der Waals surface area (Å²) in [5.74, 6) is 0. The van der Waals surface area contributed by atoms with Gasteiger partial charge in [0.05, 0.1) is 17.3 Å². The third-order valence-electron chi connectivity index (χ3n) is 2.65. The summed E-state index contributed by atoms with van der Waals surface area (Å²) >= 11 is 0. The van der Waals surface area contributed by atoms with Crippen molar-refractivity contribution in [1.29, 1.82) is 0 Å². The molecular formula is C12H11N2O3. The molecule has 87 valence electrons. The molecule has 0 saturated carbocycles. The summed E-state index contributed by atoms with van der Waals surface area (Å²) in [7, 11) is 0. The number of hydrogen-bond donors (Lipinski definition) is 2. The minimum Gasteiger partial charge on any atom is -0.464 e. The van der Waals surface area contributed by atoms with E-state index in [1.54, 1.807) is 31.5 Å². The molecule has 0 fully saturated rings. The van der Waals surface area contributed by atoms with Crippen LogP contribution >= 0.6 is 0 Å². The Hall–Kier alpha value is -2.30. The number of aromatic nitrogens is 1. The molecule has 1 atom stereocenters. The standard InChI is InChI=1S/C12H11N2O3/c1-8(13-7-15)11-6-9-4-2-3-5-10(9)14(11)12(16)17/h2-6,8H,1H3,(H,13,15)(H,16,17). The number of fused-ring (bicyclic) bond motifs is 1. The van der Waals surface area contributed by atoms with Gasteiger partial charge in [0.25, 0.3) is 0 Å². The second kappa shape index (κ2) is 4.29. The van der Waals surface area contributed by atoms with Gasteiger partial charge in [-0.15, -0.1) is 0 Å². The Morgan fingerprint density at radius 2 is 2.18 bits per heavy atom. The van der Waals surface area contributed by atoms with Crippen molar-refractivity contribution in [2.45, 2.75) is 13.0 Å². The van der Waals surface area contributed by atoms with Gasteiger partial charge < -0.3 is 10.4 Å². The Bertz CT molecular complexity index is 574. The first-order valence-corrected chi connectivity index (χ1v) is 5.11. The maximum Gasteiger partial charge on any atom is 0.416 e. The molecule has 1 amide bonds. The fourth-order valence-corrected chi connectivity index (χ4v) is 1.87. The van der Waals surface area contributed by atoms with Crippen molar-refractivity contribution in [2.24, 2.45) is 0 Å². The van der Waals surface area contributed by atoms with Crippen LogP contribution in [0, 0.1) is 0 Å². The summed E-state index contributed by atoms with van der Waals surface area (Å²) < 4.78 is 1.17. The predicted molar refractivity (Wildman–Crippen MR) is 62.6 cm³/mol. The van der Waals surface area contributed by atoms with Gasteiger partial charge in [-0.3, -0.25) is 4.79 Å². The summed E-state index contributed by atoms with van der Waals surface area (Å²) in [6.45, 7) is 1.71. The van der Waals surface area contributed by atoms with E-state index in [0.717, 1.165) is 5.39 Å². The number of carboxylic acid groups (broad SMARTS) is 1. The summed E-state index contributed by atoms with van der Waals surface area (Å²) in [6.07, 6.45) is 0.501. The Morgan fingerprint density at radius 1 is 1.47 bits per heavy atom. The van der Waals surface area contributed by atoms with E-state index in [1.807, 2.05) is 12.1 Å². The van der Waals surface area contributed by atoms with Gasteiger partial charge in [-0.1, -0.05) is 18.2 Å². The van der Waals surface area contributed by atoms with E-state index in [1.165, 1.54) is 4.57 Å². The minimum absolute atomic E-state index is 0.406. The molecule has 1 aromatic carbocycles. The highest BCUT2D eigenvalue weighted by atomic mass is 16.4. The average Bonchev–Trinajstić information content (AvgIpc) is 2.68. The molecule has 5 nitrogen and oxygen atoms in total. The minimum atomic E-state index is -1.07. The third kappa shape index (κ3) is 1.87. The number of hydrogen-bond acceptors (Lipinski definition) is 2. The highest BCUT2D eigenvalue weighted by Crippen LogP contribution is 2.23. The van der Waals surface area contributed by atoms with Gasteiger partial charge in [0.2, 0.25) is 0 Å². The molecule has 0 saturated heterocycles. The van der Waals surface area contributed by atoms with E-state index in [9.17, 15) is 14.7 Å². The van der Waals surface area contributed by atoms with Crippen molar-refractivity contribution in [3.05, 3.63) is 36.0 Å². The number of rotatable bonds is 3. The molecule has 0 aliphatic heterocycles. The van der Waals surface area contributed by atoms with E-state index >= 15 is 0 Å². The lowest BCUT2D eigenvalue weighted by molar-refractivity contribution is 0.196. The van der Waals surface area contributed by atoms with Gasteiger partial charge >= 0.3 is 12.5 Å². The van der Waals surface area contributed by atoms with E-state index in [0.29, 0.717) is 11.2 Å². The summed E-state index contributed by atoms with van der Waals surface area (Å²) in [5, 5.41) is 12.5. The SMILES string of the molecule is CC(N[C]=O)c1cc2ccccc2n1C(=O)O. The van der Waals surface area contributed by atoms with E-state index in [4.69, 9.17) is 0 Å². The van der Waals surface area contributed by atoms with Gasteiger partial charge in [0.1, 0.15) is 0 Å². The second-order valence-corrected chi connectivity index (χ2v) is 3.71. The fourth-order valence-electron chi connectivity index (χ4n) is 1.87. The van der Waals surface area contributed by atoms with Gasteiger partial charge in [-0.05, 0) is 19.1 Å². The van der Waals surface area contributed by atoms with Crippen LogP contribution < -0.4 is 5.32 Å². The highest BCUT2D eigenvalue weighted by molar-refractivity contribution is 5.90. The molecule has 5 heteroatoms. The predicted octanol–water partition coefficient (Wildman–Crippen LogP) is 1.89. The summed E-state index contributed by atoms with van der Waals surface area (Å²) in [5.41, 5.74) is 1.12. The Labute approximate surface area is 97.7 Å². The van der Waals surface area contributed by atoms with Crippen molar-refractivity contribution in [2.75, 3.05) is 0 Å². The van der Waals surface area contributed by atoms with Crippen LogP contribution in [0.2, 0.25) is 0 Å². The summed E-state index contributed by atoms with van der Waals surface area (Å²) in [6, 6.07) is 8.51. The number of nitrogens with one attached hydrogen (secondary N) is 1. The first-order valence-electron chi connectivity index (χ1n) is 5.11. The molecule has 1 radical (unpaired) electrons. The third-order valence-corrected chi connectivity index (χ3v) is 2.65. The van der Waals surface area contributed by atoms with Gasteiger partial charge in [-0.2, -0.15) is 0 Å². The Kier molecular flexibility index (Phi) is 2.82. The Balaban J connectivity index is 2.65. The van der Waals surface area contributed by atoms with Gasteiger partial charge in [-0.25, -0.2) is 9.36 Å². The van der Waals surface area contributed by atoms with Crippen LogP contribution in [0.15, 0.2) is 30.3 Å². The monoisotopic (exact) mass is 231 g/mol. The van der Waals surface area contributed by atoms with Crippen LogP contribution in [0.25, 0.3) is 10.9 Å². The van der Waals surface area contributed by atoms with Gasteiger partial charge in [0, 0.05) is 5.39 Å². The lowest BCUT2D eigenvalue weighted by Gasteiger charge is -2.11. The van der Waals surface area contributed by atoms with Crippen molar-refractivity contribution in [1.82, 2.24) is 9.88 Å². The number of benzene rings is 1. The molecule has 17 heavy (non-hydrogen) atoms. The topological polar surface area (TPSA) is 71.3 Å². The van der Waals surface area contributed by atoms with Crippen molar-refractivity contribution < 1.29 is 14.7 Å². The molecular weight excluding hydrogens is 220 g/mol. The first-order chi connectivity index (χ1) is 8.15. The zero-order valence-corrected chi connectivity index (χ0v) is 9.18. The normalized spacial score (nSPS) is 12.3.